The second-order valence-corrected chi connectivity index (χ2v) is 5.04. The van der Waals surface area contributed by atoms with E-state index in [0.717, 1.165) is 0 Å². The highest BCUT2D eigenvalue weighted by Crippen LogP contribution is 2.17. The molecule has 7 heteroatoms. The van der Waals surface area contributed by atoms with Gasteiger partial charge in [-0.25, -0.2) is 0 Å². The van der Waals surface area contributed by atoms with Gasteiger partial charge in [-0.3, -0.25) is 14.4 Å². The van der Waals surface area contributed by atoms with Crippen molar-refractivity contribution in [3.63, 3.8) is 0 Å². The summed E-state index contributed by atoms with van der Waals surface area (Å²) in [5, 5.41) is 11.6. The standard InChI is InChI=1S/C14H18N2O5/c17-12(16-6-1-2-10(8-16)14(19)20)3-5-15-13(18)11-4-7-21-9-11/h4,7,9-10H,1-3,5-6,8H2,(H,15,18)(H,19,20). The molecule has 1 aliphatic rings. The molecule has 0 aromatic carbocycles. The van der Waals surface area contributed by atoms with Crippen LogP contribution >= 0.6 is 0 Å². The molecule has 1 saturated heterocycles. The smallest absolute Gasteiger partial charge is 0.308 e. The normalized spacial score (nSPS) is 18.3. The first-order valence-corrected chi connectivity index (χ1v) is 6.89. The molecule has 0 saturated carbocycles. The van der Waals surface area contributed by atoms with Crippen molar-refractivity contribution in [2.45, 2.75) is 19.3 Å². The van der Waals surface area contributed by atoms with Crippen LogP contribution in [0.25, 0.3) is 0 Å². The van der Waals surface area contributed by atoms with Crippen LogP contribution in [0.3, 0.4) is 0 Å². The Morgan fingerprint density at radius 3 is 2.90 bits per heavy atom. The first-order valence-electron chi connectivity index (χ1n) is 6.89. The summed E-state index contributed by atoms with van der Waals surface area (Å²) in [7, 11) is 0. The van der Waals surface area contributed by atoms with E-state index in [-0.39, 0.29) is 31.3 Å². The van der Waals surface area contributed by atoms with E-state index in [1.54, 1.807) is 11.0 Å². The van der Waals surface area contributed by atoms with Gasteiger partial charge < -0.3 is 19.7 Å². The van der Waals surface area contributed by atoms with Crippen molar-refractivity contribution in [2.75, 3.05) is 19.6 Å². The van der Waals surface area contributed by atoms with Gasteiger partial charge in [0.15, 0.2) is 0 Å². The number of carboxylic acids is 1. The van der Waals surface area contributed by atoms with Gasteiger partial charge >= 0.3 is 5.97 Å². The molecule has 1 aromatic rings. The average Bonchev–Trinajstić information content (AvgIpc) is 3.01. The third-order valence-corrected chi connectivity index (χ3v) is 3.53. The predicted molar refractivity (Wildman–Crippen MR) is 72.6 cm³/mol. The molecule has 1 unspecified atom stereocenters. The third kappa shape index (κ3) is 4.08. The van der Waals surface area contributed by atoms with Crippen molar-refractivity contribution in [2.24, 2.45) is 5.92 Å². The number of carboxylic acid groups (broad SMARTS) is 1. The quantitative estimate of drug-likeness (QED) is 0.833. The van der Waals surface area contributed by atoms with Crippen LogP contribution in [0.4, 0.5) is 0 Å². The molecule has 2 heterocycles. The van der Waals surface area contributed by atoms with Crippen molar-refractivity contribution in [1.82, 2.24) is 10.2 Å². The number of hydrogen-bond donors (Lipinski definition) is 2. The highest BCUT2D eigenvalue weighted by molar-refractivity contribution is 5.94. The molecule has 0 spiro atoms. The Balaban J connectivity index is 1.74. The lowest BCUT2D eigenvalue weighted by atomic mass is 9.98. The molecule has 21 heavy (non-hydrogen) atoms. The summed E-state index contributed by atoms with van der Waals surface area (Å²) >= 11 is 0. The minimum absolute atomic E-state index is 0.131. The topological polar surface area (TPSA) is 99.9 Å². The number of piperidine rings is 1. The maximum absolute atomic E-state index is 12.0. The van der Waals surface area contributed by atoms with E-state index < -0.39 is 11.9 Å². The molecule has 7 nitrogen and oxygen atoms in total. The van der Waals surface area contributed by atoms with Gasteiger partial charge in [0.2, 0.25) is 5.91 Å². The number of hydrogen-bond acceptors (Lipinski definition) is 4. The lowest BCUT2D eigenvalue weighted by Crippen LogP contribution is -2.43. The zero-order chi connectivity index (χ0) is 15.2. The number of carbonyl (C=O) groups is 3. The van der Waals surface area contributed by atoms with E-state index in [2.05, 4.69) is 5.32 Å². The van der Waals surface area contributed by atoms with Gasteiger partial charge in [0.1, 0.15) is 6.26 Å². The summed E-state index contributed by atoms with van der Waals surface area (Å²) in [6.45, 7) is 1.05. The van der Waals surface area contributed by atoms with E-state index in [0.29, 0.717) is 24.9 Å². The molecule has 0 bridgehead atoms. The highest BCUT2D eigenvalue weighted by atomic mass is 16.4. The lowest BCUT2D eigenvalue weighted by Gasteiger charge is -2.30. The second kappa shape index (κ2) is 6.92. The average molecular weight is 294 g/mol. The van der Waals surface area contributed by atoms with Crippen LogP contribution in [-0.2, 0) is 9.59 Å². The summed E-state index contributed by atoms with van der Waals surface area (Å²) in [4.78, 5) is 36.1. The Kier molecular flexibility index (Phi) is 4.97. The zero-order valence-electron chi connectivity index (χ0n) is 11.6. The van der Waals surface area contributed by atoms with E-state index in [1.807, 2.05) is 0 Å². The lowest BCUT2D eigenvalue weighted by molar-refractivity contribution is -0.145. The fourth-order valence-electron chi connectivity index (χ4n) is 2.34. The Morgan fingerprint density at radius 2 is 2.24 bits per heavy atom. The summed E-state index contributed by atoms with van der Waals surface area (Å²) in [5.74, 6) is -1.77. The fraction of sp³-hybridized carbons (Fsp3) is 0.500. The van der Waals surface area contributed by atoms with Gasteiger partial charge in [-0.1, -0.05) is 0 Å². The van der Waals surface area contributed by atoms with Crippen LogP contribution in [0, 0.1) is 5.92 Å². The molecular formula is C14H18N2O5. The molecule has 1 aliphatic heterocycles. The molecule has 2 rings (SSSR count). The number of nitrogens with one attached hydrogen (secondary N) is 1. The van der Waals surface area contributed by atoms with Gasteiger partial charge in [-0.2, -0.15) is 0 Å². The number of likely N-dealkylation sites (tertiary alicyclic amines) is 1. The molecule has 114 valence electrons. The van der Waals surface area contributed by atoms with Crippen LogP contribution in [0.15, 0.2) is 23.0 Å². The fourth-order valence-corrected chi connectivity index (χ4v) is 2.34. The Hall–Kier alpha value is -2.31. The molecule has 1 fully saturated rings. The highest BCUT2D eigenvalue weighted by Gasteiger charge is 2.27. The molecule has 1 atom stereocenters. The maximum atomic E-state index is 12.0. The molecular weight excluding hydrogens is 276 g/mol. The molecule has 2 amide bonds. The predicted octanol–water partition coefficient (Wildman–Crippen LogP) is 0.723. The van der Waals surface area contributed by atoms with E-state index >= 15 is 0 Å². The molecule has 2 N–H and O–H groups in total. The van der Waals surface area contributed by atoms with Crippen molar-refractivity contribution in [3.05, 3.63) is 24.2 Å². The first-order chi connectivity index (χ1) is 10.1. The summed E-state index contributed by atoms with van der Waals surface area (Å²) in [5.41, 5.74) is 0.409. The number of rotatable bonds is 5. The Morgan fingerprint density at radius 1 is 1.43 bits per heavy atom. The van der Waals surface area contributed by atoms with Crippen molar-refractivity contribution >= 4 is 17.8 Å². The number of nitrogens with zero attached hydrogens (tertiary/aromatic N) is 1. The van der Waals surface area contributed by atoms with Crippen LogP contribution in [0.2, 0.25) is 0 Å². The Bertz CT molecular complexity index is 511. The largest absolute Gasteiger partial charge is 0.481 e. The van der Waals surface area contributed by atoms with E-state index in [9.17, 15) is 14.4 Å². The minimum Gasteiger partial charge on any atom is -0.481 e. The number of amides is 2. The van der Waals surface area contributed by atoms with Crippen LogP contribution < -0.4 is 5.32 Å². The van der Waals surface area contributed by atoms with Gasteiger partial charge in [0.05, 0.1) is 17.7 Å². The van der Waals surface area contributed by atoms with E-state index in [4.69, 9.17) is 9.52 Å². The monoisotopic (exact) mass is 294 g/mol. The molecule has 0 aliphatic carbocycles. The van der Waals surface area contributed by atoms with Crippen LogP contribution in [-0.4, -0.2) is 47.4 Å². The van der Waals surface area contributed by atoms with Gasteiger partial charge in [-0.05, 0) is 18.9 Å². The van der Waals surface area contributed by atoms with Gasteiger partial charge in [0.25, 0.3) is 5.91 Å². The third-order valence-electron chi connectivity index (χ3n) is 3.53. The minimum atomic E-state index is -0.860. The van der Waals surface area contributed by atoms with E-state index in [1.165, 1.54) is 12.5 Å². The summed E-state index contributed by atoms with van der Waals surface area (Å²) < 4.78 is 4.80. The Labute approximate surface area is 121 Å². The van der Waals surface area contributed by atoms with Gasteiger partial charge in [-0.15, -0.1) is 0 Å². The molecule has 1 aromatic heterocycles. The van der Waals surface area contributed by atoms with Crippen LogP contribution in [0.1, 0.15) is 29.6 Å². The zero-order valence-corrected chi connectivity index (χ0v) is 11.6. The molecule has 0 radical (unpaired) electrons. The van der Waals surface area contributed by atoms with Crippen molar-refractivity contribution in [3.8, 4) is 0 Å². The second-order valence-electron chi connectivity index (χ2n) is 5.04. The summed E-state index contributed by atoms with van der Waals surface area (Å²) in [6, 6.07) is 1.54. The van der Waals surface area contributed by atoms with Gasteiger partial charge in [0, 0.05) is 26.1 Å². The maximum Gasteiger partial charge on any atom is 0.308 e. The summed E-state index contributed by atoms with van der Waals surface area (Å²) in [6.07, 6.45) is 4.20. The SMILES string of the molecule is O=C(NCCC(=O)N1CCCC(C(=O)O)C1)c1ccoc1. The van der Waals surface area contributed by atoms with Crippen molar-refractivity contribution in [1.29, 1.82) is 0 Å². The number of aliphatic carboxylic acids is 1. The number of carbonyl (C=O) groups excluding carboxylic acids is 2. The van der Waals surface area contributed by atoms with Crippen LogP contribution in [0.5, 0.6) is 0 Å². The first kappa shape index (κ1) is 15.1. The number of furan rings is 1. The van der Waals surface area contributed by atoms with Crippen molar-refractivity contribution < 1.29 is 23.9 Å².